The Morgan fingerprint density at radius 3 is 2.63 bits per heavy atom. The predicted molar refractivity (Wildman–Crippen MR) is 167 cm³/mol. The highest BCUT2D eigenvalue weighted by Crippen LogP contribution is 2.47. The number of benzene rings is 2. The number of aromatic nitrogens is 1. The van der Waals surface area contributed by atoms with Gasteiger partial charge in [0.2, 0.25) is 0 Å². The second kappa shape index (κ2) is 13.6. The molecule has 10 nitrogen and oxygen atoms in total. The molecule has 0 spiro atoms. The van der Waals surface area contributed by atoms with Crippen LogP contribution in [-0.4, -0.2) is 77.0 Å². The van der Waals surface area contributed by atoms with E-state index in [-0.39, 0.29) is 24.6 Å². The van der Waals surface area contributed by atoms with Crippen molar-refractivity contribution in [3.05, 3.63) is 53.1 Å². The van der Waals surface area contributed by atoms with Gasteiger partial charge in [-0.15, -0.1) is 0 Å². The number of amides is 1. The van der Waals surface area contributed by atoms with E-state index in [9.17, 15) is 18.0 Å². The van der Waals surface area contributed by atoms with Gasteiger partial charge in [0.1, 0.15) is 12.0 Å². The molecular formula is C32H42N4O6S. The van der Waals surface area contributed by atoms with Crippen LogP contribution in [0.15, 0.2) is 36.4 Å². The van der Waals surface area contributed by atoms with E-state index in [1.807, 2.05) is 25.2 Å². The van der Waals surface area contributed by atoms with Gasteiger partial charge >= 0.3 is 10.2 Å². The zero-order chi connectivity index (χ0) is 30.6. The number of nitrogens with one attached hydrogen (secondary N) is 2. The van der Waals surface area contributed by atoms with Crippen molar-refractivity contribution >= 4 is 33.3 Å². The van der Waals surface area contributed by atoms with Crippen LogP contribution in [-0.2, 0) is 32.7 Å². The SMILES string of the molecule is CNCCOCCN(C)S(=O)(=O)NC(=O)c1ccc2c(C3CCCCC3)c3n(c2c1)CC(C=O)Cc1cc(OC)ccc1-3. The van der Waals surface area contributed by atoms with E-state index in [0.29, 0.717) is 32.0 Å². The number of ether oxygens (including phenoxy) is 2. The fraction of sp³-hybridized carbons (Fsp3) is 0.500. The van der Waals surface area contributed by atoms with Crippen LogP contribution < -0.4 is 14.8 Å². The standard InChI is InChI=1S/C32H42N4O6S/c1-33-13-15-42-16-14-35(2)43(39,40)34-32(38)24-9-11-28-29(19-24)36-20-22(21-37)17-25-18-26(41-3)10-12-27(25)31(36)30(28)23-7-5-4-6-8-23/h9-12,18-19,21-23,33H,4-8,13-17,20H2,1-3H3,(H,34,38). The lowest BCUT2D eigenvalue weighted by molar-refractivity contribution is -0.111. The first-order valence-electron chi connectivity index (χ1n) is 15.1. The maximum atomic E-state index is 13.3. The second-order valence-electron chi connectivity index (χ2n) is 11.5. The zero-order valence-electron chi connectivity index (χ0n) is 25.2. The first kappa shape index (κ1) is 31.2. The fourth-order valence-corrected chi connectivity index (χ4v) is 7.24. The van der Waals surface area contributed by atoms with E-state index in [1.54, 1.807) is 19.2 Å². The molecule has 1 aliphatic heterocycles. The van der Waals surface area contributed by atoms with Gasteiger partial charge in [-0.05, 0) is 73.7 Å². The van der Waals surface area contributed by atoms with Crippen molar-refractivity contribution in [1.29, 1.82) is 0 Å². The molecule has 1 saturated carbocycles. The van der Waals surface area contributed by atoms with Gasteiger partial charge in [-0.2, -0.15) is 12.7 Å². The highest BCUT2D eigenvalue weighted by molar-refractivity contribution is 7.87. The number of carbonyl (C=O) groups excluding carboxylic acids is 2. The molecule has 2 aliphatic rings. The van der Waals surface area contributed by atoms with Crippen LogP contribution in [0.4, 0.5) is 0 Å². The quantitative estimate of drug-likeness (QED) is 0.236. The Labute approximate surface area is 253 Å². The molecular weight excluding hydrogens is 568 g/mol. The Morgan fingerprint density at radius 2 is 1.91 bits per heavy atom. The number of fused-ring (bicyclic) bond motifs is 5. The maximum absolute atomic E-state index is 13.3. The Hall–Kier alpha value is -3.25. The van der Waals surface area contributed by atoms with E-state index in [1.165, 1.54) is 19.0 Å². The average molecular weight is 611 g/mol. The van der Waals surface area contributed by atoms with Crippen molar-refractivity contribution in [2.45, 2.75) is 51.0 Å². The van der Waals surface area contributed by atoms with Crippen molar-refractivity contribution in [2.75, 3.05) is 47.5 Å². The number of nitrogens with zero attached hydrogens (tertiary/aromatic N) is 2. The lowest BCUT2D eigenvalue weighted by Crippen LogP contribution is -2.42. The summed E-state index contributed by atoms with van der Waals surface area (Å²) in [6.07, 6.45) is 7.31. The molecule has 0 bridgehead atoms. The molecule has 2 aromatic carbocycles. The van der Waals surface area contributed by atoms with Crippen LogP contribution in [0.3, 0.4) is 0 Å². The predicted octanol–water partition coefficient (Wildman–Crippen LogP) is 3.88. The van der Waals surface area contributed by atoms with Gasteiger partial charge < -0.3 is 24.2 Å². The number of aldehydes is 1. The second-order valence-corrected chi connectivity index (χ2v) is 13.3. The number of likely N-dealkylation sites (N-methyl/N-ethyl adjacent to an activating group) is 2. The summed E-state index contributed by atoms with van der Waals surface area (Å²) in [5, 5.41) is 4.01. The molecule has 2 heterocycles. The molecule has 0 radical (unpaired) electrons. The lowest BCUT2D eigenvalue weighted by atomic mass is 9.81. The average Bonchev–Trinajstić information content (AvgIpc) is 3.23. The molecule has 1 unspecified atom stereocenters. The van der Waals surface area contributed by atoms with Gasteiger partial charge in [0, 0.05) is 54.6 Å². The summed E-state index contributed by atoms with van der Waals surface area (Å²) >= 11 is 0. The summed E-state index contributed by atoms with van der Waals surface area (Å²) in [7, 11) is 0.791. The summed E-state index contributed by atoms with van der Waals surface area (Å²) in [6, 6.07) is 11.5. The molecule has 11 heteroatoms. The monoisotopic (exact) mass is 610 g/mol. The van der Waals surface area contributed by atoms with E-state index in [4.69, 9.17) is 9.47 Å². The Morgan fingerprint density at radius 1 is 1.12 bits per heavy atom. The molecule has 232 valence electrons. The van der Waals surface area contributed by atoms with Crippen molar-refractivity contribution in [2.24, 2.45) is 5.92 Å². The number of hydrogen-bond acceptors (Lipinski definition) is 7. The van der Waals surface area contributed by atoms with Crippen molar-refractivity contribution in [3.63, 3.8) is 0 Å². The highest BCUT2D eigenvalue weighted by atomic mass is 32.2. The highest BCUT2D eigenvalue weighted by Gasteiger charge is 2.32. The largest absolute Gasteiger partial charge is 0.497 e. The van der Waals surface area contributed by atoms with E-state index in [2.05, 4.69) is 20.7 Å². The fourth-order valence-electron chi connectivity index (χ4n) is 6.42. The number of carbonyl (C=O) groups is 2. The molecule has 1 atom stereocenters. The molecule has 2 N–H and O–H groups in total. The van der Waals surface area contributed by atoms with E-state index >= 15 is 0 Å². The van der Waals surface area contributed by atoms with Crippen molar-refractivity contribution < 1.29 is 27.5 Å². The lowest BCUT2D eigenvalue weighted by Gasteiger charge is -2.24. The van der Waals surface area contributed by atoms with E-state index < -0.39 is 16.1 Å². The number of rotatable bonds is 12. The number of hydrogen-bond donors (Lipinski definition) is 2. The van der Waals surface area contributed by atoms with Crippen LogP contribution in [0.5, 0.6) is 5.75 Å². The molecule has 5 rings (SSSR count). The third kappa shape index (κ3) is 6.64. The van der Waals surface area contributed by atoms with E-state index in [0.717, 1.165) is 69.7 Å². The smallest absolute Gasteiger partial charge is 0.303 e. The number of methoxy groups -OCH3 is 1. The molecule has 1 aliphatic carbocycles. The van der Waals surface area contributed by atoms with Crippen molar-refractivity contribution in [3.8, 4) is 17.0 Å². The third-order valence-electron chi connectivity index (χ3n) is 8.72. The van der Waals surface area contributed by atoms with Crippen LogP contribution in [0.2, 0.25) is 0 Å². The van der Waals surface area contributed by atoms with Crippen molar-refractivity contribution in [1.82, 2.24) is 18.9 Å². The normalized spacial score (nSPS) is 17.3. The Balaban J connectivity index is 1.53. The zero-order valence-corrected chi connectivity index (χ0v) is 26.0. The minimum absolute atomic E-state index is 0.111. The van der Waals surface area contributed by atoms with Crippen LogP contribution in [0.1, 0.15) is 59.5 Å². The van der Waals surface area contributed by atoms with Gasteiger partial charge in [-0.25, -0.2) is 4.72 Å². The summed E-state index contributed by atoms with van der Waals surface area (Å²) in [6.45, 7) is 1.92. The van der Waals surface area contributed by atoms with Gasteiger partial charge in [0.15, 0.2) is 0 Å². The minimum Gasteiger partial charge on any atom is -0.497 e. The summed E-state index contributed by atoms with van der Waals surface area (Å²) in [4.78, 5) is 25.6. The molecule has 1 amide bonds. The first-order valence-corrected chi connectivity index (χ1v) is 16.5. The summed E-state index contributed by atoms with van der Waals surface area (Å²) < 4.78 is 42.3. The van der Waals surface area contributed by atoms with Gasteiger partial charge in [0.25, 0.3) is 5.91 Å². The van der Waals surface area contributed by atoms with Crippen LogP contribution >= 0.6 is 0 Å². The third-order valence-corrected chi connectivity index (χ3v) is 10.2. The van der Waals surface area contributed by atoms with Gasteiger partial charge in [0.05, 0.1) is 26.0 Å². The maximum Gasteiger partial charge on any atom is 0.303 e. The molecule has 1 fully saturated rings. The molecule has 0 saturated heterocycles. The Kier molecular flexibility index (Phi) is 9.85. The van der Waals surface area contributed by atoms with Gasteiger partial charge in [-0.1, -0.05) is 25.3 Å². The minimum atomic E-state index is -4.07. The molecule has 3 aromatic rings. The Bertz CT molecular complexity index is 1580. The first-order chi connectivity index (χ1) is 20.8. The van der Waals surface area contributed by atoms with Gasteiger partial charge in [-0.3, -0.25) is 4.79 Å². The summed E-state index contributed by atoms with van der Waals surface area (Å²) in [5.74, 6) is 0.148. The van der Waals surface area contributed by atoms with Crippen LogP contribution in [0.25, 0.3) is 22.2 Å². The topological polar surface area (TPSA) is 119 Å². The molecule has 1 aromatic heterocycles. The summed E-state index contributed by atoms with van der Waals surface area (Å²) in [5.41, 5.74) is 5.57. The molecule has 43 heavy (non-hydrogen) atoms. The van der Waals surface area contributed by atoms with Crippen LogP contribution in [0, 0.1) is 5.92 Å².